The van der Waals surface area contributed by atoms with Crippen molar-refractivity contribution in [3.05, 3.63) is 46.4 Å². The number of carbonyl (C=O) groups is 1. The number of para-hydroxylation sites is 1. The molecule has 0 saturated heterocycles. The predicted octanol–water partition coefficient (Wildman–Crippen LogP) is 1.69. The first kappa shape index (κ1) is 13.9. The minimum Gasteiger partial charge on any atom is -0.452 e. The number of benzene rings is 1. The Kier molecular flexibility index (Phi) is 3.65. The van der Waals surface area contributed by atoms with Crippen LogP contribution in [0.2, 0.25) is 0 Å². The Morgan fingerprint density at radius 2 is 1.85 bits per heavy atom. The van der Waals surface area contributed by atoms with Crippen LogP contribution in [0.3, 0.4) is 0 Å². The lowest BCUT2D eigenvalue weighted by Crippen LogP contribution is -2.31. The predicted molar refractivity (Wildman–Crippen MR) is 76.6 cm³/mol. The highest BCUT2D eigenvalue weighted by Gasteiger charge is 2.23. The van der Waals surface area contributed by atoms with Crippen LogP contribution in [0.1, 0.15) is 5.69 Å². The molecule has 0 radical (unpaired) electrons. The summed E-state index contributed by atoms with van der Waals surface area (Å²) in [6, 6.07) is 9.26. The molecule has 0 saturated carbocycles. The maximum Gasteiger partial charge on any atom is 0.413 e. The first-order valence-electron chi connectivity index (χ1n) is 6.14. The van der Waals surface area contributed by atoms with Crippen molar-refractivity contribution in [1.29, 1.82) is 0 Å². The molecule has 2 rings (SSSR count). The maximum absolute atomic E-state index is 12.6. The van der Waals surface area contributed by atoms with Gasteiger partial charge in [-0.25, -0.2) is 9.48 Å². The van der Waals surface area contributed by atoms with E-state index in [2.05, 4.69) is 4.74 Å². The second-order valence-electron chi connectivity index (χ2n) is 4.44. The van der Waals surface area contributed by atoms with Gasteiger partial charge >= 0.3 is 6.09 Å². The number of methoxy groups -OCH3 is 1. The van der Waals surface area contributed by atoms with Gasteiger partial charge in [0.25, 0.3) is 5.56 Å². The summed E-state index contributed by atoms with van der Waals surface area (Å²) in [6.07, 6.45) is -0.573. The molecule has 2 aromatic rings. The lowest BCUT2D eigenvalue weighted by Gasteiger charge is -2.13. The SMILES string of the molecule is COC(=O)N(C)c1c(C)n(C)n(-c2ccccc2)c1=O. The van der Waals surface area contributed by atoms with Crippen molar-refractivity contribution in [2.45, 2.75) is 6.92 Å². The van der Waals surface area contributed by atoms with Gasteiger partial charge in [0.15, 0.2) is 0 Å². The summed E-state index contributed by atoms with van der Waals surface area (Å²) >= 11 is 0. The molecule has 6 heteroatoms. The van der Waals surface area contributed by atoms with Crippen LogP contribution in [-0.4, -0.2) is 29.6 Å². The van der Waals surface area contributed by atoms with E-state index in [1.54, 1.807) is 18.7 Å². The van der Waals surface area contributed by atoms with E-state index in [9.17, 15) is 9.59 Å². The van der Waals surface area contributed by atoms with Crippen LogP contribution in [0.4, 0.5) is 10.5 Å². The Bertz CT molecular complexity index is 686. The Hall–Kier alpha value is -2.50. The summed E-state index contributed by atoms with van der Waals surface area (Å²) in [4.78, 5) is 25.4. The summed E-state index contributed by atoms with van der Waals surface area (Å²) < 4.78 is 7.89. The summed E-state index contributed by atoms with van der Waals surface area (Å²) in [5.41, 5.74) is 1.48. The van der Waals surface area contributed by atoms with Crippen molar-refractivity contribution in [2.75, 3.05) is 19.1 Å². The molecule has 6 nitrogen and oxygen atoms in total. The van der Waals surface area contributed by atoms with Crippen LogP contribution in [0.5, 0.6) is 0 Å². The lowest BCUT2D eigenvalue weighted by atomic mass is 10.3. The summed E-state index contributed by atoms with van der Waals surface area (Å²) in [5.74, 6) is 0. The third-order valence-corrected chi connectivity index (χ3v) is 3.31. The molecule has 0 atom stereocenters. The number of anilines is 1. The second kappa shape index (κ2) is 5.24. The van der Waals surface area contributed by atoms with E-state index in [4.69, 9.17) is 0 Å². The van der Waals surface area contributed by atoms with Crippen LogP contribution in [-0.2, 0) is 11.8 Å². The minimum atomic E-state index is -0.573. The molecule has 1 heterocycles. The number of carbonyl (C=O) groups excluding carboxylic acids is 1. The number of hydrogen-bond acceptors (Lipinski definition) is 3. The molecule has 0 bridgehead atoms. The Labute approximate surface area is 116 Å². The van der Waals surface area contributed by atoms with Gasteiger partial charge in [-0.15, -0.1) is 0 Å². The van der Waals surface area contributed by atoms with Crippen LogP contribution < -0.4 is 10.5 Å². The fraction of sp³-hybridized carbons (Fsp3) is 0.286. The van der Waals surface area contributed by atoms with Gasteiger partial charge in [0.1, 0.15) is 5.69 Å². The van der Waals surface area contributed by atoms with E-state index in [0.29, 0.717) is 11.4 Å². The summed E-state index contributed by atoms with van der Waals surface area (Å²) in [5, 5.41) is 0. The van der Waals surface area contributed by atoms with Gasteiger partial charge < -0.3 is 4.74 Å². The Balaban J connectivity index is 2.64. The molecule has 1 aromatic heterocycles. The van der Waals surface area contributed by atoms with E-state index in [0.717, 1.165) is 5.69 Å². The van der Waals surface area contributed by atoms with E-state index >= 15 is 0 Å². The molecule has 0 unspecified atom stereocenters. The van der Waals surface area contributed by atoms with Gasteiger partial charge in [-0.05, 0) is 19.1 Å². The van der Waals surface area contributed by atoms with E-state index < -0.39 is 6.09 Å². The first-order chi connectivity index (χ1) is 9.49. The summed E-state index contributed by atoms with van der Waals surface area (Å²) in [6.45, 7) is 1.79. The minimum absolute atomic E-state index is 0.260. The van der Waals surface area contributed by atoms with E-state index in [1.165, 1.54) is 23.7 Å². The zero-order valence-corrected chi connectivity index (χ0v) is 12.0. The monoisotopic (exact) mass is 275 g/mol. The van der Waals surface area contributed by atoms with Crippen molar-refractivity contribution < 1.29 is 9.53 Å². The van der Waals surface area contributed by atoms with Crippen LogP contribution in [0, 0.1) is 6.92 Å². The van der Waals surface area contributed by atoms with Gasteiger partial charge in [0.2, 0.25) is 0 Å². The van der Waals surface area contributed by atoms with Crippen molar-refractivity contribution in [3.8, 4) is 5.69 Å². The molecule has 106 valence electrons. The van der Waals surface area contributed by atoms with Crippen LogP contribution in [0.25, 0.3) is 5.69 Å². The molecular formula is C14H17N3O3. The normalized spacial score (nSPS) is 10.4. The summed E-state index contributed by atoms with van der Waals surface area (Å²) in [7, 11) is 4.58. The molecule has 0 aliphatic carbocycles. The van der Waals surface area contributed by atoms with Gasteiger partial charge in [-0.3, -0.25) is 14.4 Å². The average Bonchev–Trinajstić information content (AvgIpc) is 2.68. The molecule has 20 heavy (non-hydrogen) atoms. The lowest BCUT2D eigenvalue weighted by molar-refractivity contribution is 0.180. The van der Waals surface area contributed by atoms with Crippen molar-refractivity contribution in [1.82, 2.24) is 9.36 Å². The molecule has 0 aliphatic heterocycles. The van der Waals surface area contributed by atoms with Crippen LogP contribution in [0.15, 0.2) is 35.1 Å². The zero-order valence-electron chi connectivity index (χ0n) is 12.0. The van der Waals surface area contributed by atoms with Crippen molar-refractivity contribution in [2.24, 2.45) is 7.05 Å². The Morgan fingerprint density at radius 3 is 2.40 bits per heavy atom. The topological polar surface area (TPSA) is 56.5 Å². The number of nitrogens with zero attached hydrogens (tertiary/aromatic N) is 3. The highest BCUT2D eigenvalue weighted by molar-refractivity contribution is 5.87. The number of amides is 1. The molecule has 0 aliphatic rings. The van der Waals surface area contributed by atoms with Gasteiger partial charge in [0.05, 0.1) is 18.5 Å². The fourth-order valence-corrected chi connectivity index (χ4v) is 2.17. The largest absolute Gasteiger partial charge is 0.452 e. The Morgan fingerprint density at radius 1 is 1.25 bits per heavy atom. The number of aromatic nitrogens is 2. The van der Waals surface area contributed by atoms with Crippen molar-refractivity contribution in [3.63, 3.8) is 0 Å². The first-order valence-corrected chi connectivity index (χ1v) is 6.14. The number of ether oxygens (including phenoxy) is 1. The maximum atomic E-state index is 12.6. The average molecular weight is 275 g/mol. The molecule has 0 fully saturated rings. The molecule has 1 aromatic carbocycles. The van der Waals surface area contributed by atoms with Gasteiger partial charge in [0, 0.05) is 14.1 Å². The van der Waals surface area contributed by atoms with E-state index in [1.807, 2.05) is 30.3 Å². The highest BCUT2D eigenvalue weighted by atomic mass is 16.5. The fourth-order valence-electron chi connectivity index (χ4n) is 2.17. The van der Waals surface area contributed by atoms with Gasteiger partial charge in [-0.1, -0.05) is 18.2 Å². The molecule has 1 amide bonds. The zero-order chi connectivity index (χ0) is 14.9. The molecule has 0 spiro atoms. The standard InChI is InChI=1S/C14H17N3O3/c1-10-12(15(2)14(19)20-4)13(18)17(16(10)3)11-8-6-5-7-9-11/h5-9H,1-4H3. The molecular weight excluding hydrogens is 258 g/mol. The third-order valence-electron chi connectivity index (χ3n) is 3.31. The third kappa shape index (κ3) is 2.09. The van der Waals surface area contributed by atoms with Crippen molar-refractivity contribution >= 4 is 11.8 Å². The van der Waals surface area contributed by atoms with Crippen LogP contribution >= 0.6 is 0 Å². The highest BCUT2D eigenvalue weighted by Crippen LogP contribution is 2.17. The quantitative estimate of drug-likeness (QED) is 0.838. The second-order valence-corrected chi connectivity index (χ2v) is 4.44. The molecule has 0 N–H and O–H groups in total. The smallest absolute Gasteiger partial charge is 0.413 e. The van der Waals surface area contributed by atoms with E-state index in [-0.39, 0.29) is 5.56 Å². The van der Waals surface area contributed by atoms with Gasteiger partial charge in [-0.2, -0.15) is 0 Å². The number of rotatable bonds is 2. The number of hydrogen-bond donors (Lipinski definition) is 0.